The molecule has 2 aromatic carbocycles. The molecule has 0 radical (unpaired) electrons. The molecule has 2 N–H and O–H groups in total. The van der Waals surface area contributed by atoms with Crippen molar-refractivity contribution in [3.05, 3.63) is 70.6 Å². The monoisotopic (exact) mass is 382 g/mol. The Bertz CT molecular complexity index is 954. The lowest BCUT2D eigenvalue weighted by Crippen LogP contribution is -2.15. The van der Waals surface area contributed by atoms with Crippen LogP contribution in [0.2, 0.25) is 5.02 Å². The Labute approximate surface area is 162 Å². The SMILES string of the molecule is COc1ccc(Cl)cc1Nc1cnc(C(=O)Nc2c(C)cccc2C)cn1. The number of methoxy groups -OCH3 is 1. The number of hydrogen-bond acceptors (Lipinski definition) is 5. The maximum atomic E-state index is 12.5. The number of carbonyl (C=O) groups is 1. The van der Waals surface area contributed by atoms with E-state index >= 15 is 0 Å². The number of nitrogens with zero attached hydrogens (tertiary/aromatic N) is 2. The van der Waals surface area contributed by atoms with Gasteiger partial charge in [0.2, 0.25) is 0 Å². The predicted octanol–water partition coefficient (Wildman–Crippen LogP) is 4.75. The van der Waals surface area contributed by atoms with Crippen LogP contribution in [0, 0.1) is 13.8 Å². The van der Waals surface area contributed by atoms with Crippen LogP contribution in [0.1, 0.15) is 21.6 Å². The molecule has 7 heteroatoms. The minimum Gasteiger partial charge on any atom is -0.495 e. The van der Waals surface area contributed by atoms with Crippen molar-refractivity contribution >= 4 is 34.7 Å². The number of nitrogens with one attached hydrogen (secondary N) is 2. The van der Waals surface area contributed by atoms with Crippen molar-refractivity contribution < 1.29 is 9.53 Å². The van der Waals surface area contributed by atoms with Gasteiger partial charge in [0.25, 0.3) is 5.91 Å². The minimum atomic E-state index is -0.313. The number of benzene rings is 2. The lowest BCUT2D eigenvalue weighted by molar-refractivity contribution is 0.102. The first-order chi connectivity index (χ1) is 13.0. The minimum absolute atomic E-state index is 0.223. The summed E-state index contributed by atoms with van der Waals surface area (Å²) in [7, 11) is 1.57. The normalized spacial score (nSPS) is 10.4. The summed E-state index contributed by atoms with van der Waals surface area (Å²) in [4.78, 5) is 20.9. The second kappa shape index (κ2) is 8.05. The lowest BCUT2D eigenvalue weighted by Gasteiger charge is -2.12. The van der Waals surface area contributed by atoms with E-state index in [4.69, 9.17) is 16.3 Å². The summed E-state index contributed by atoms with van der Waals surface area (Å²) in [6.07, 6.45) is 2.91. The van der Waals surface area contributed by atoms with E-state index in [1.165, 1.54) is 12.4 Å². The van der Waals surface area contributed by atoms with Gasteiger partial charge in [-0.1, -0.05) is 29.8 Å². The first-order valence-electron chi connectivity index (χ1n) is 8.28. The highest BCUT2D eigenvalue weighted by molar-refractivity contribution is 6.31. The maximum Gasteiger partial charge on any atom is 0.275 e. The van der Waals surface area contributed by atoms with Crippen molar-refractivity contribution in [3.63, 3.8) is 0 Å². The van der Waals surface area contributed by atoms with Crippen molar-refractivity contribution in [1.29, 1.82) is 0 Å². The van der Waals surface area contributed by atoms with Gasteiger partial charge in [-0.25, -0.2) is 9.97 Å². The molecule has 0 saturated heterocycles. The summed E-state index contributed by atoms with van der Waals surface area (Å²) in [5, 5.41) is 6.54. The number of rotatable bonds is 5. The van der Waals surface area contributed by atoms with Gasteiger partial charge in [0.15, 0.2) is 0 Å². The van der Waals surface area contributed by atoms with Gasteiger partial charge in [-0.2, -0.15) is 0 Å². The second-order valence-corrected chi connectivity index (χ2v) is 6.41. The number of hydrogen-bond donors (Lipinski definition) is 2. The average Bonchev–Trinajstić information content (AvgIpc) is 2.65. The van der Waals surface area contributed by atoms with Crippen LogP contribution in [0.3, 0.4) is 0 Å². The third-order valence-electron chi connectivity index (χ3n) is 4.03. The third-order valence-corrected chi connectivity index (χ3v) is 4.26. The molecule has 0 fully saturated rings. The molecule has 0 bridgehead atoms. The number of para-hydroxylation sites is 1. The highest BCUT2D eigenvalue weighted by Crippen LogP contribution is 2.29. The van der Waals surface area contributed by atoms with E-state index in [0.717, 1.165) is 16.8 Å². The van der Waals surface area contributed by atoms with E-state index in [9.17, 15) is 4.79 Å². The molecule has 3 rings (SSSR count). The Hall–Kier alpha value is -3.12. The first kappa shape index (κ1) is 18.7. The fourth-order valence-corrected chi connectivity index (χ4v) is 2.79. The van der Waals surface area contributed by atoms with E-state index < -0.39 is 0 Å². The molecule has 1 amide bonds. The van der Waals surface area contributed by atoms with Gasteiger partial charge in [0.1, 0.15) is 17.3 Å². The van der Waals surface area contributed by atoms with Crippen molar-refractivity contribution in [2.45, 2.75) is 13.8 Å². The van der Waals surface area contributed by atoms with Crippen LogP contribution in [0.25, 0.3) is 0 Å². The fraction of sp³-hybridized carbons (Fsp3) is 0.150. The van der Waals surface area contributed by atoms with E-state index in [0.29, 0.717) is 22.3 Å². The zero-order valence-electron chi connectivity index (χ0n) is 15.2. The number of aromatic nitrogens is 2. The van der Waals surface area contributed by atoms with E-state index in [1.807, 2.05) is 32.0 Å². The van der Waals surface area contributed by atoms with Crippen LogP contribution in [0.5, 0.6) is 5.75 Å². The molecule has 0 aliphatic heterocycles. The number of anilines is 3. The molecule has 3 aromatic rings. The number of halogens is 1. The van der Waals surface area contributed by atoms with Gasteiger partial charge in [0.05, 0.1) is 25.2 Å². The van der Waals surface area contributed by atoms with E-state index in [1.54, 1.807) is 25.3 Å². The Balaban J connectivity index is 1.76. The van der Waals surface area contributed by atoms with Crippen molar-refractivity contribution in [2.75, 3.05) is 17.7 Å². The Kier molecular flexibility index (Phi) is 5.57. The van der Waals surface area contributed by atoms with Crippen molar-refractivity contribution in [3.8, 4) is 5.75 Å². The Morgan fingerprint density at radius 2 is 1.81 bits per heavy atom. The number of carbonyl (C=O) groups excluding carboxylic acids is 1. The molecular formula is C20H19ClN4O2. The largest absolute Gasteiger partial charge is 0.495 e. The Morgan fingerprint density at radius 3 is 2.44 bits per heavy atom. The molecule has 0 aliphatic carbocycles. The molecule has 1 heterocycles. The van der Waals surface area contributed by atoms with Gasteiger partial charge in [-0.15, -0.1) is 0 Å². The van der Waals surface area contributed by atoms with Crippen LogP contribution in [0.15, 0.2) is 48.8 Å². The summed E-state index contributed by atoms with van der Waals surface area (Å²) in [6.45, 7) is 3.89. The van der Waals surface area contributed by atoms with E-state index in [-0.39, 0.29) is 11.6 Å². The molecule has 0 saturated carbocycles. The highest BCUT2D eigenvalue weighted by Gasteiger charge is 2.12. The molecule has 1 aromatic heterocycles. The Morgan fingerprint density at radius 1 is 1.07 bits per heavy atom. The lowest BCUT2D eigenvalue weighted by atomic mass is 10.1. The summed E-state index contributed by atoms with van der Waals surface area (Å²) < 4.78 is 5.29. The number of ether oxygens (including phenoxy) is 1. The first-order valence-corrected chi connectivity index (χ1v) is 8.66. The van der Waals surface area contributed by atoms with Crippen molar-refractivity contribution in [1.82, 2.24) is 9.97 Å². The second-order valence-electron chi connectivity index (χ2n) is 5.98. The molecule has 0 unspecified atom stereocenters. The van der Waals surface area contributed by atoms with Gasteiger partial charge >= 0.3 is 0 Å². The highest BCUT2D eigenvalue weighted by atomic mass is 35.5. The maximum absolute atomic E-state index is 12.5. The van der Waals surface area contributed by atoms with Crippen molar-refractivity contribution in [2.24, 2.45) is 0 Å². The summed E-state index contributed by atoms with van der Waals surface area (Å²) >= 11 is 6.02. The zero-order chi connectivity index (χ0) is 19.4. The number of aryl methyl sites for hydroxylation is 2. The number of amides is 1. The predicted molar refractivity (Wildman–Crippen MR) is 107 cm³/mol. The van der Waals surface area contributed by atoms with Crippen LogP contribution >= 0.6 is 11.6 Å². The standard InChI is InChI=1S/C20H19ClN4O2/c1-12-5-4-6-13(2)19(12)25-20(26)16-10-23-18(11-22-16)24-15-9-14(21)7-8-17(15)27-3/h4-11H,1-3H3,(H,23,24)(H,25,26). The van der Waals surface area contributed by atoms with Crippen LogP contribution in [0.4, 0.5) is 17.2 Å². The average molecular weight is 383 g/mol. The zero-order valence-corrected chi connectivity index (χ0v) is 16.0. The van der Waals surface area contributed by atoms with Gasteiger partial charge in [0, 0.05) is 10.7 Å². The summed E-state index contributed by atoms with van der Waals surface area (Å²) in [5.41, 5.74) is 3.65. The van der Waals surface area contributed by atoms with Gasteiger partial charge in [-0.05, 0) is 43.2 Å². The van der Waals surface area contributed by atoms with Crippen LogP contribution < -0.4 is 15.4 Å². The van der Waals surface area contributed by atoms with Gasteiger partial charge in [-0.3, -0.25) is 4.79 Å². The molecule has 0 spiro atoms. The third kappa shape index (κ3) is 4.35. The fourth-order valence-electron chi connectivity index (χ4n) is 2.61. The summed E-state index contributed by atoms with van der Waals surface area (Å²) in [6, 6.07) is 11.1. The topological polar surface area (TPSA) is 76.1 Å². The molecular weight excluding hydrogens is 364 g/mol. The molecule has 138 valence electrons. The molecule has 6 nitrogen and oxygen atoms in total. The smallest absolute Gasteiger partial charge is 0.275 e. The van der Waals surface area contributed by atoms with Gasteiger partial charge < -0.3 is 15.4 Å². The molecule has 27 heavy (non-hydrogen) atoms. The summed E-state index contributed by atoms with van der Waals surface area (Å²) in [5.74, 6) is 0.782. The quantitative estimate of drug-likeness (QED) is 0.665. The molecule has 0 aliphatic rings. The van der Waals surface area contributed by atoms with E-state index in [2.05, 4.69) is 20.6 Å². The van der Waals surface area contributed by atoms with Crippen LogP contribution in [-0.2, 0) is 0 Å². The van der Waals surface area contributed by atoms with Crippen LogP contribution in [-0.4, -0.2) is 23.0 Å². The molecule has 0 atom stereocenters.